The fraction of sp³-hybridized carbons (Fsp3) is 0.250. The first kappa shape index (κ1) is 15.3. The van der Waals surface area contributed by atoms with Gasteiger partial charge in [-0.3, -0.25) is 0 Å². The molecule has 2 aromatic carbocycles. The van der Waals surface area contributed by atoms with Gasteiger partial charge in [0.1, 0.15) is 0 Å². The van der Waals surface area contributed by atoms with E-state index >= 15 is 0 Å². The second-order valence-corrected chi connectivity index (χ2v) is 7.00. The fourth-order valence-electron chi connectivity index (χ4n) is 2.65. The zero-order valence-electron chi connectivity index (χ0n) is 11.0. The molecule has 0 unspecified atom stereocenters. The van der Waals surface area contributed by atoms with Gasteiger partial charge in [0.2, 0.25) is 0 Å². The van der Waals surface area contributed by atoms with E-state index in [4.69, 9.17) is 46.4 Å². The predicted molar refractivity (Wildman–Crippen MR) is 92.3 cm³/mol. The second-order valence-electron chi connectivity index (χ2n) is 5.31. The van der Waals surface area contributed by atoms with Crippen molar-refractivity contribution in [1.29, 1.82) is 0 Å². The van der Waals surface area contributed by atoms with E-state index in [0.29, 0.717) is 27.0 Å². The molecule has 110 valence electrons. The number of rotatable bonds is 3. The number of benzene rings is 2. The zero-order valence-corrected chi connectivity index (χ0v) is 14.1. The van der Waals surface area contributed by atoms with Crippen LogP contribution >= 0.6 is 46.4 Å². The first-order valence-corrected chi connectivity index (χ1v) is 8.20. The van der Waals surface area contributed by atoms with Gasteiger partial charge in [0.05, 0.1) is 15.7 Å². The van der Waals surface area contributed by atoms with Crippen LogP contribution in [-0.2, 0) is 0 Å². The average molecular weight is 361 g/mol. The standard InChI is InChI=1S/C16H13Cl4N/c17-11-3-1-2-9(4-11)10-5-13(6-10)21-16-14(19)7-12(18)8-15(16)20/h1-4,7-8,10,13,21H,5-6H2. The molecule has 1 nitrogen and oxygen atoms in total. The van der Waals surface area contributed by atoms with Crippen LogP contribution in [0, 0.1) is 0 Å². The van der Waals surface area contributed by atoms with Gasteiger partial charge in [-0.15, -0.1) is 0 Å². The highest BCUT2D eigenvalue weighted by molar-refractivity contribution is 6.41. The molecule has 0 atom stereocenters. The summed E-state index contributed by atoms with van der Waals surface area (Å²) in [7, 11) is 0. The van der Waals surface area contributed by atoms with Gasteiger partial charge in [0, 0.05) is 16.1 Å². The lowest BCUT2D eigenvalue weighted by atomic mass is 9.76. The van der Waals surface area contributed by atoms with E-state index in [0.717, 1.165) is 23.6 Å². The Morgan fingerprint density at radius 1 is 0.857 bits per heavy atom. The molecule has 5 heteroatoms. The molecule has 3 rings (SSSR count). The van der Waals surface area contributed by atoms with Gasteiger partial charge in [-0.1, -0.05) is 58.5 Å². The van der Waals surface area contributed by atoms with Crippen molar-refractivity contribution in [3.63, 3.8) is 0 Å². The quantitative estimate of drug-likeness (QED) is 0.645. The van der Waals surface area contributed by atoms with Crippen LogP contribution in [-0.4, -0.2) is 6.04 Å². The summed E-state index contributed by atoms with van der Waals surface area (Å²) in [6.45, 7) is 0. The monoisotopic (exact) mass is 359 g/mol. The normalized spacial score (nSPS) is 21.0. The Kier molecular flexibility index (Phi) is 4.56. The molecule has 0 saturated heterocycles. The Morgan fingerprint density at radius 2 is 1.52 bits per heavy atom. The number of halogens is 4. The van der Waals surface area contributed by atoms with Gasteiger partial charge < -0.3 is 5.32 Å². The van der Waals surface area contributed by atoms with Crippen LogP contribution in [0.25, 0.3) is 0 Å². The van der Waals surface area contributed by atoms with Crippen molar-refractivity contribution in [2.75, 3.05) is 5.32 Å². The minimum Gasteiger partial charge on any atom is -0.380 e. The van der Waals surface area contributed by atoms with Gasteiger partial charge in [0.25, 0.3) is 0 Å². The van der Waals surface area contributed by atoms with Crippen molar-refractivity contribution in [2.45, 2.75) is 24.8 Å². The maximum atomic E-state index is 6.19. The maximum Gasteiger partial charge on any atom is 0.0722 e. The number of nitrogens with one attached hydrogen (secondary N) is 1. The highest BCUT2D eigenvalue weighted by Gasteiger charge is 2.31. The maximum absolute atomic E-state index is 6.19. The van der Waals surface area contributed by atoms with Crippen LogP contribution in [0.4, 0.5) is 5.69 Å². The Balaban J connectivity index is 1.65. The summed E-state index contributed by atoms with van der Waals surface area (Å²) in [5.74, 6) is 0.533. The van der Waals surface area contributed by atoms with Crippen molar-refractivity contribution in [1.82, 2.24) is 0 Å². The summed E-state index contributed by atoms with van der Waals surface area (Å²) < 4.78 is 0. The summed E-state index contributed by atoms with van der Waals surface area (Å²) in [5, 5.41) is 5.84. The summed E-state index contributed by atoms with van der Waals surface area (Å²) >= 11 is 24.3. The fourth-order valence-corrected chi connectivity index (χ4v) is 3.78. The van der Waals surface area contributed by atoms with E-state index in [1.165, 1.54) is 5.56 Å². The van der Waals surface area contributed by atoms with Crippen LogP contribution in [0.15, 0.2) is 36.4 Å². The van der Waals surface area contributed by atoms with Gasteiger partial charge in [0.15, 0.2) is 0 Å². The molecule has 1 aliphatic rings. The molecule has 0 bridgehead atoms. The van der Waals surface area contributed by atoms with Crippen LogP contribution in [0.1, 0.15) is 24.3 Å². The molecule has 0 aliphatic heterocycles. The Bertz CT molecular complexity index is 642. The average Bonchev–Trinajstić information content (AvgIpc) is 2.35. The second kappa shape index (κ2) is 6.26. The first-order valence-electron chi connectivity index (χ1n) is 6.69. The lowest BCUT2D eigenvalue weighted by molar-refractivity contribution is 0.374. The molecule has 0 amide bonds. The minimum absolute atomic E-state index is 0.366. The van der Waals surface area contributed by atoms with Crippen molar-refractivity contribution in [3.05, 3.63) is 62.1 Å². The van der Waals surface area contributed by atoms with Crippen molar-refractivity contribution in [2.24, 2.45) is 0 Å². The lowest BCUT2D eigenvalue weighted by Gasteiger charge is -2.37. The van der Waals surface area contributed by atoms with E-state index in [1.54, 1.807) is 12.1 Å². The van der Waals surface area contributed by atoms with Gasteiger partial charge in [-0.2, -0.15) is 0 Å². The van der Waals surface area contributed by atoms with E-state index in [-0.39, 0.29) is 0 Å². The van der Waals surface area contributed by atoms with Gasteiger partial charge in [-0.25, -0.2) is 0 Å². The number of anilines is 1. The van der Waals surface area contributed by atoms with E-state index < -0.39 is 0 Å². The van der Waals surface area contributed by atoms with E-state index in [2.05, 4.69) is 11.4 Å². The third-order valence-electron chi connectivity index (χ3n) is 3.81. The highest BCUT2D eigenvalue weighted by atomic mass is 35.5. The number of hydrogen-bond donors (Lipinski definition) is 1. The third-order valence-corrected chi connectivity index (χ3v) is 4.86. The van der Waals surface area contributed by atoms with Crippen LogP contribution in [0.3, 0.4) is 0 Å². The van der Waals surface area contributed by atoms with E-state index in [9.17, 15) is 0 Å². The van der Waals surface area contributed by atoms with E-state index in [1.807, 2.05) is 18.2 Å². The smallest absolute Gasteiger partial charge is 0.0722 e. The lowest BCUT2D eigenvalue weighted by Crippen LogP contribution is -2.34. The Morgan fingerprint density at radius 3 is 2.14 bits per heavy atom. The molecule has 0 radical (unpaired) electrons. The molecule has 0 heterocycles. The first-order chi connectivity index (χ1) is 10.0. The van der Waals surface area contributed by atoms with Crippen LogP contribution in [0.2, 0.25) is 20.1 Å². The van der Waals surface area contributed by atoms with Crippen LogP contribution < -0.4 is 5.32 Å². The molecule has 0 aromatic heterocycles. The summed E-state index contributed by atoms with van der Waals surface area (Å²) in [4.78, 5) is 0. The summed E-state index contributed by atoms with van der Waals surface area (Å²) in [6, 6.07) is 11.8. The topological polar surface area (TPSA) is 12.0 Å². The summed E-state index contributed by atoms with van der Waals surface area (Å²) in [5.41, 5.74) is 2.05. The molecule has 0 spiro atoms. The van der Waals surface area contributed by atoms with Crippen molar-refractivity contribution < 1.29 is 0 Å². The predicted octanol–water partition coefficient (Wildman–Crippen LogP) is 6.66. The largest absolute Gasteiger partial charge is 0.380 e. The SMILES string of the molecule is Clc1cccc(C2CC(Nc3c(Cl)cc(Cl)cc3Cl)C2)c1. The molecule has 1 N–H and O–H groups in total. The van der Waals surface area contributed by atoms with Crippen molar-refractivity contribution >= 4 is 52.1 Å². The molecule has 1 fully saturated rings. The molecule has 21 heavy (non-hydrogen) atoms. The number of hydrogen-bond acceptors (Lipinski definition) is 1. The molecular weight excluding hydrogens is 348 g/mol. The molecule has 2 aromatic rings. The van der Waals surface area contributed by atoms with Crippen molar-refractivity contribution in [3.8, 4) is 0 Å². The Labute approximate surface area is 144 Å². The molecular formula is C16H13Cl4N. The highest BCUT2D eigenvalue weighted by Crippen LogP contribution is 2.42. The summed E-state index contributed by atoms with van der Waals surface area (Å²) in [6.07, 6.45) is 2.07. The third kappa shape index (κ3) is 3.43. The van der Waals surface area contributed by atoms with Gasteiger partial charge in [-0.05, 0) is 48.6 Å². The van der Waals surface area contributed by atoms with Crippen LogP contribution in [0.5, 0.6) is 0 Å². The minimum atomic E-state index is 0.366. The van der Waals surface area contributed by atoms with Gasteiger partial charge >= 0.3 is 0 Å². The Hall–Kier alpha value is -0.600. The zero-order chi connectivity index (χ0) is 15.0. The molecule has 1 aliphatic carbocycles. The molecule has 1 saturated carbocycles.